The van der Waals surface area contributed by atoms with Crippen LogP contribution in [0.15, 0.2) is 231 Å². The molecule has 63 heavy (non-hydrogen) atoms. The maximum absolute atomic E-state index is 2.46. The summed E-state index contributed by atoms with van der Waals surface area (Å²) in [6.07, 6.45) is 0. The Morgan fingerprint density at radius 3 is 1.19 bits per heavy atom. The third kappa shape index (κ3) is 6.05. The van der Waals surface area contributed by atoms with Gasteiger partial charge in [0.2, 0.25) is 0 Å². The summed E-state index contributed by atoms with van der Waals surface area (Å²) in [5.41, 5.74) is 20.1. The molecule has 0 amide bonds. The molecule has 11 aromatic carbocycles. The average Bonchev–Trinajstić information content (AvgIpc) is 3.58. The van der Waals surface area contributed by atoms with Gasteiger partial charge in [-0.1, -0.05) is 214 Å². The molecule has 0 bridgehead atoms. The van der Waals surface area contributed by atoms with Crippen molar-refractivity contribution in [2.75, 3.05) is 0 Å². The highest BCUT2D eigenvalue weighted by Crippen LogP contribution is 2.51. The smallest absolute Gasteiger partial charge is 0.0159 e. The van der Waals surface area contributed by atoms with Crippen LogP contribution in [0.25, 0.3) is 110 Å². The molecular weight excluding hydrogens is 757 g/mol. The van der Waals surface area contributed by atoms with Gasteiger partial charge in [0.15, 0.2) is 0 Å². The third-order valence-corrected chi connectivity index (χ3v) is 13.7. The first-order chi connectivity index (χ1) is 31.0. The summed E-state index contributed by atoms with van der Waals surface area (Å²) in [6.45, 7) is 4.73. The van der Waals surface area contributed by atoms with E-state index in [0.717, 1.165) is 0 Å². The first kappa shape index (κ1) is 37.0. The van der Waals surface area contributed by atoms with E-state index in [-0.39, 0.29) is 5.41 Å². The molecule has 0 saturated heterocycles. The number of benzene rings is 11. The molecule has 0 spiro atoms. The average molecular weight is 801 g/mol. The van der Waals surface area contributed by atoms with Crippen molar-refractivity contribution in [1.29, 1.82) is 0 Å². The van der Waals surface area contributed by atoms with Crippen LogP contribution in [0.3, 0.4) is 0 Å². The highest BCUT2D eigenvalue weighted by molar-refractivity contribution is 6.23. The Kier molecular flexibility index (Phi) is 8.63. The van der Waals surface area contributed by atoms with Crippen molar-refractivity contribution in [3.8, 4) is 77.9 Å². The number of hydrogen-bond donors (Lipinski definition) is 0. The van der Waals surface area contributed by atoms with Crippen LogP contribution < -0.4 is 0 Å². The summed E-state index contributed by atoms with van der Waals surface area (Å²) in [4.78, 5) is 0. The molecule has 1 aliphatic rings. The molecule has 0 heterocycles. The van der Waals surface area contributed by atoms with Crippen LogP contribution in [0.5, 0.6) is 0 Å². The maximum atomic E-state index is 2.46. The first-order valence-corrected chi connectivity index (χ1v) is 22.1. The van der Waals surface area contributed by atoms with Crippen LogP contribution >= 0.6 is 0 Å². The topological polar surface area (TPSA) is 0 Å². The van der Waals surface area contributed by atoms with E-state index in [1.54, 1.807) is 0 Å². The van der Waals surface area contributed by atoms with Crippen LogP contribution in [0.4, 0.5) is 0 Å². The lowest BCUT2D eigenvalue weighted by molar-refractivity contribution is 0.660. The Balaban J connectivity index is 1.11. The van der Waals surface area contributed by atoms with E-state index in [0.29, 0.717) is 0 Å². The maximum Gasteiger partial charge on any atom is 0.0159 e. The largest absolute Gasteiger partial charge is 0.0622 e. The second-order valence-corrected chi connectivity index (χ2v) is 17.6. The van der Waals surface area contributed by atoms with Crippen molar-refractivity contribution in [1.82, 2.24) is 0 Å². The van der Waals surface area contributed by atoms with Crippen molar-refractivity contribution < 1.29 is 0 Å². The lowest BCUT2D eigenvalue weighted by atomic mass is 9.81. The SMILES string of the molecule is CC1(C)c2ccccc2-c2ccc(-c3ccccc3-c3ccc4c(c3)c(-c3ccccc3)c(-c3ccccc3)c3cc(-c5cc6ccccc6cc5-c5ccccc5)ccc34)cc21. The Labute approximate surface area is 369 Å². The summed E-state index contributed by atoms with van der Waals surface area (Å²) in [7, 11) is 0. The highest BCUT2D eigenvalue weighted by Gasteiger charge is 2.35. The standard InChI is InChI=1S/C63H44/c1-63(2)59-29-17-16-28-53(59)54-35-32-48(40-60(54)63)50-27-15-14-26-49(50)46-30-33-51-52-34-31-47(56-37-45-25-13-12-24-44(45)36-55(56)41-18-6-3-7-19-41)39-58(52)62(43-22-10-5-11-23-43)61(57(51)38-46)42-20-8-4-9-21-42/h3-40H,1-2H3. The minimum atomic E-state index is -0.0728. The van der Waals surface area contributed by atoms with Crippen molar-refractivity contribution in [3.05, 3.63) is 242 Å². The van der Waals surface area contributed by atoms with Gasteiger partial charge in [0.05, 0.1) is 0 Å². The Morgan fingerprint density at radius 1 is 0.238 bits per heavy atom. The van der Waals surface area contributed by atoms with Gasteiger partial charge in [0.25, 0.3) is 0 Å². The zero-order valence-electron chi connectivity index (χ0n) is 35.4. The monoisotopic (exact) mass is 800 g/mol. The molecule has 0 saturated carbocycles. The summed E-state index contributed by atoms with van der Waals surface area (Å²) >= 11 is 0. The molecular formula is C63H44. The van der Waals surface area contributed by atoms with Crippen molar-refractivity contribution in [3.63, 3.8) is 0 Å². The van der Waals surface area contributed by atoms with Crippen LogP contribution in [0.2, 0.25) is 0 Å². The van der Waals surface area contributed by atoms with Gasteiger partial charge in [-0.15, -0.1) is 0 Å². The number of fused-ring (bicyclic) bond motifs is 7. The van der Waals surface area contributed by atoms with Crippen molar-refractivity contribution in [2.45, 2.75) is 19.3 Å². The van der Waals surface area contributed by atoms with Gasteiger partial charge in [-0.05, 0) is 152 Å². The summed E-state index contributed by atoms with van der Waals surface area (Å²) in [5.74, 6) is 0. The normalized spacial score (nSPS) is 12.7. The molecule has 296 valence electrons. The second-order valence-electron chi connectivity index (χ2n) is 17.6. The Morgan fingerprint density at radius 2 is 0.635 bits per heavy atom. The molecule has 11 aromatic rings. The Hall–Kier alpha value is -7.80. The van der Waals surface area contributed by atoms with Gasteiger partial charge in [-0.3, -0.25) is 0 Å². The Bertz CT molecular complexity index is 3560. The molecule has 0 aliphatic heterocycles. The van der Waals surface area contributed by atoms with Crippen LogP contribution in [-0.4, -0.2) is 0 Å². The fourth-order valence-corrected chi connectivity index (χ4v) is 10.6. The molecule has 0 N–H and O–H groups in total. The predicted molar refractivity (Wildman–Crippen MR) is 269 cm³/mol. The lowest BCUT2D eigenvalue weighted by Crippen LogP contribution is -2.14. The summed E-state index contributed by atoms with van der Waals surface area (Å²) in [5, 5.41) is 7.46. The van der Waals surface area contributed by atoms with Gasteiger partial charge in [-0.2, -0.15) is 0 Å². The zero-order valence-corrected chi connectivity index (χ0v) is 35.4. The molecule has 0 nitrogen and oxygen atoms in total. The quantitative estimate of drug-likeness (QED) is 0.147. The molecule has 0 atom stereocenters. The van der Waals surface area contributed by atoms with Crippen molar-refractivity contribution in [2.24, 2.45) is 0 Å². The van der Waals surface area contributed by atoms with Crippen LogP contribution in [0, 0.1) is 0 Å². The molecule has 0 unspecified atom stereocenters. The molecule has 1 aliphatic carbocycles. The molecule has 0 radical (unpaired) electrons. The minimum Gasteiger partial charge on any atom is -0.0622 e. The van der Waals surface area contributed by atoms with Crippen LogP contribution in [0.1, 0.15) is 25.0 Å². The second kappa shape index (κ2) is 14.7. The van der Waals surface area contributed by atoms with Gasteiger partial charge in [0, 0.05) is 5.41 Å². The fraction of sp³-hybridized carbons (Fsp3) is 0.0476. The summed E-state index contributed by atoms with van der Waals surface area (Å²) < 4.78 is 0. The molecule has 0 heteroatoms. The lowest BCUT2D eigenvalue weighted by Gasteiger charge is -2.22. The number of rotatable bonds is 6. The fourth-order valence-electron chi connectivity index (χ4n) is 10.6. The summed E-state index contributed by atoms with van der Waals surface area (Å²) in [6, 6.07) is 85.6. The minimum absolute atomic E-state index is 0.0728. The van der Waals surface area contributed by atoms with E-state index >= 15 is 0 Å². The zero-order chi connectivity index (χ0) is 42.1. The van der Waals surface area contributed by atoms with E-state index in [1.807, 2.05) is 0 Å². The molecule has 0 aromatic heterocycles. The molecule has 0 fully saturated rings. The third-order valence-electron chi connectivity index (χ3n) is 13.7. The first-order valence-electron chi connectivity index (χ1n) is 22.1. The van der Waals surface area contributed by atoms with E-state index in [9.17, 15) is 0 Å². The number of hydrogen-bond acceptors (Lipinski definition) is 0. The van der Waals surface area contributed by atoms with Gasteiger partial charge < -0.3 is 0 Å². The molecule has 12 rings (SSSR count). The van der Waals surface area contributed by atoms with E-state index in [4.69, 9.17) is 0 Å². The van der Waals surface area contributed by atoms with Crippen molar-refractivity contribution >= 4 is 32.3 Å². The van der Waals surface area contributed by atoms with E-state index in [1.165, 1.54) is 121 Å². The van der Waals surface area contributed by atoms with Gasteiger partial charge in [-0.25, -0.2) is 0 Å². The van der Waals surface area contributed by atoms with Gasteiger partial charge >= 0.3 is 0 Å². The van der Waals surface area contributed by atoms with E-state index < -0.39 is 0 Å². The highest BCUT2D eigenvalue weighted by atomic mass is 14.4. The van der Waals surface area contributed by atoms with Crippen LogP contribution in [-0.2, 0) is 5.41 Å². The van der Waals surface area contributed by atoms with Gasteiger partial charge in [0.1, 0.15) is 0 Å². The predicted octanol–water partition coefficient (Wildman–Crippen LogP) is 17.5. The van der Waals surface area contributed by atoms with E-state index in [2.05, 4.69) is 244 Å².